The summed E-state index contributed by atoms with van der Waals surface area (Å²) in [5.74, 6) is 0. The van der Waals surface area contributed by atoms with Gasteiger partial charge in [0.15, 0.2) is 0 Å². The minimum Gasteiger partial charge on any atom is -0.312 e. The smallest absolute Gasteiger partial charge is 0.0541 e. The number of anilines is 1. The molecule has 0 atom stereocenters. The number of aromatic nitrogens is 1. The number of benzene rings is 6. The lowest BCUT2D eigenvalue weighted by molar-refractivity contribution is 1.13. The predicted molar refractivity (Wildman–Crippen MR) is 202 cm³/mol. The number of rotatable bonds is 10. The fraction of sp³-hybridized carbons (Fsp3) is 0.0222. The Bertz CT molecular complexity index is 2140. The van der Waals surface area contributed by atoms with Gasteiger partial charge in [0.2, 0.25) is 0 Å². The molecule has 2 nitrogen and oxygen atoms in total. The molecule has 226 valence electrons. The largest absolute Gasteiger partial charge is 0.312 e. The molecule has 47 heavy (non-hydrogen) atoms. The van der Waals surface area contributed by atoms with Crippen LogP contribution in [0.3, 0.4) is 0 Å². The van der Waals surface area contributed by atoms with E-state index in [-0.39, 0.29) is 0 Å². The summed E-state index contributed by atoms with van der Waals surface area (Å²) in [7, 11) is 0. The van der Waals surface area contributed by atoms with Crippen LogP contribution in [0.5, 0.6) is 0 Å². The maximum Gasteiger partial charge on any atom is 0.0541 e. The van der Waals surface area contributed by atoms with E-state index in [9.17, 15) is 0 Å². The monoisotopic (exact) mass is 604 g/mol. The SMILES string of the molecule is C=CC(=C)N(C(=C)C=C)c1ccc(Cc2ccc(-n3c4ccc(-c5ccccc5)cc4c4cc(-c5ccccc5)ccc43)cc2)cc1. The first-order valence-corrected chi connectivity index (χ1v) is 15.8. The molecule has 0 amide bonds. The summed E-state index contributed by atoms with van der Waals surface area (Å²) in [4.78, 5) is 1.95. The van der Waals surface area contributed by atoms with Gasteiger partial charge in [-0.2, -0.15) is 0 Å². The van der Waals surface area contributed by atoms with Gasteiger partial charge in [-0.1, -0.05) is 123 Å². The first-order valence-electron chi connectivity index (χ1n) is 15.8. The minimum atomic E-state index is 0.760. The van der Waals surface area contributed by atoms with Gasteiger partial charge in [-0.05, 0) is 100 Å². The van der Waals surface area contributed by atoms with E-state index in [1.165, 1.54) is 55.2 Å². The van der Waals surface area contributed by atoms with E-state index in [1.54, 1.807) is 12.2 Å². The van der Waals surface area contributed by atoms with Gasteiger partial charge in [0.05, 0.1) is 11.0 Å². The van der Waals surface area contributed by atoms with Crippen molar-refractivity contribution in [2.45, 2.75) is 6.42 Å². The van der Waals surface area contributed by atoms with Gasteiger partial charge in [0.1, 0.15) is 0 Å². The third-order valence-electron chi connectivity index (χ3n) is 8.82. The summed E-state index contributed by atoms with van der Waals surface area (Å²) in [6, 6.07) is 52.4. The molecule has 0 spiro atoms. The van der Waals surface area contributed by atoms with E-state index >= 15 is 0 Å². The molecule has 0 N–H and O–H groups in total. The highest BCUT2D eigenvalue weighted by Gasteiger charge is 2.15. The van der Waals surface area contributed by atoms with Gasteiger partial charge < -0.3 is 9.47 Å². The maximum atomic E-state index is 4.11. The Morgan fingerprint density at radius 1 is 0.511 bits per heavy atom. The van der Waals surface area contributed by atoms with Crippen LogP contribution in [0.1, 0.15) is 11.1 Å². The Kier molecular flexibility index (Phi) is 8.00. The van der Waals surface area contributed by atoms with Crippen molar-refractivity contribution in [1.82, 2.24) is 4.57 Å². The van der Waals surface area contributed by atoms with Crippen molar-refractivity contribution in [3.63, 3.8) is 0 Å². The third kappa shape index (κ3) is 5.74. The van der Waals surface area contributed by atoms with Gasteiger partial charge in [-0.15, -0.1) is 0 Å². The van der Waals surface area contributed by atoms with Gasteiger partial charge in [0.25, 0.3) is 0 Å². The molecule has 7 rings (SSSR count). The normalized spacial score (nSPS) is 11.0. The molecule has 0 aliphatic carbocycles. The summed E-state index contributed by atoms with van der Waals surface area (Å²) in [5, 5.41) is 2.49. The van der Waals surface area contributed by atoms with Crippen LogP contribution in [0.2, 0.25) is 0 Å². The van der Waals surface area contributed by atoms with E-state index in [0.717, 1.165) is 29.2 Å². The highest BCUT2D eigenvalue weighted by Crippen LogP contribution is 2.37. The maximum absolute atomic E-state index is 4.11. The average molecular weight is 605 g/mol. The van der Waals surface area contributed by atoms with Crippen molar-refractivity contribution in [2.75, 3.05) is 4.90 Å². The van der Waals surface area contributed by atoms with Crippen LogP contribution < -0.4 is 4.90 Å². The Hall–Kier alpha value is -6.12. The van der Waals surface area contributed by atoms with Crippen LogP contribution in [-0.2, 0) is 6.42 Å². The van der Waals surface area contributed by atoms with Crippen LogP contribution in [0.25, 0.3) is 49.7 Å². The Morgan fingerprint density at radius 3 is 1.40 bits per heavy atom. The Balaban J connectivity index is 1.25. The molecule has 0 saturated heterocycles. The number of hydrogen-bond donors (Lipinski definition) is 0. The van der Waals surface area contributed by atoms with E-state index in [2.05, 4.69) is 176 Å². The molecular weight excluding hydrogens is 569 g/mol. The lowest BCUT2D eigenvalue weighted by Gasteiger charge is -2.25. The molecule has 1 heterocycles. The molecule has 0 saturated carbocycles. The van der Waals surface area contributed by atoms with E-state index in [0.29, 0.717) is 0 Å². The van der Waals surface area contributed by atoms with Crippen molar-refractivity contribution in [3.8, 4) is 27.9 Å². The number of allylic oxidation sites excluding steroid dienone is 2. The first kappa shape index (κ1) is 29.6. The zero-order chi connectivity index (χ0) is 32.3. The van der Waals surface area contributed by atoms with Gasteiger partial charge in [-0.3, -0.25) is 0 Å². The first-order chi connectivity index (χ1) is 23.0. The van der Waals surface area contributed by atoms with Crippen molar-refractivity contribution in [3.05, 3.63) is 207 Å². The highest BCUT2D eigenvalue weighted by atomic mass is 15.1. The van der Waals surface area contributed by atoms with E-state index in [1.807, 2.05) is 4.90 Å². The predicted octanol–water partition coefficient (Wildman–Crippen LogP) is 11.9. The molecule has 1 aromatic heterocycles. The summed E-state index contributed by atoms with van der Waals surface area (Å²) in [6.07, 6.45) is 4.29. The fourth-order valence-corrected chi connectivity index (χ4v) is 6.38. The molecule has 0 aliphatic rings. The van der Waals surface area contributed by atoms with Crippen LogP contribution in [0, 0.1) is 0 Å². The summed E-state index contributed by atoms with van der Waals surface area (Å²) >= 11 is 0. The molecule has 0 fully saturated rings. The van der Waals surface area contributed by atoms with E-state index < -0.39 is 0 Å². The molecule has 0 bridgehead atoms. The molecular formula is C45H36N2. The van der Waals surface area contributed by atoms with Crippen molar-refractivity contribution >= 4 is 27.5 Å². The number of nitrogens with zero attached hydrogens (tertiary/aromatic N) is 2. The number of hydrogen-bond acceptors (Lipinski definition) is 1. The molecule has 2 heteroatoms. The quantitative estimate of drug-likeness (QED) is 0.141. The second-order valence-electron chi connectivity index (χ2n) is 11.8. The minimum absolute atomic E-state index is 0.760. The van der Waals surface area contributed by atoms with Crippen LogP contribution in [0.4, 0.5) is 5.69 Å². The van der Waals surface area contributed by atoms with Crippen molar-refractivity contribution < 1.29 is 0 Å². The molecule has 6 aromatic carbocycles. The zero-order valence-electron chi connectivity index (χ0n) is 26.4. The standard InChI is InChI=1S/C45H36N2/c1-5-32(3)46(33(4)6-2)40-23-17-34(18-24-40)29-35-19-25-41(26-20-35)47-44-27-21-38(36-13-9-7-10-14-36)30-42(44)43-31-39(22-28-45(43)47)37-15-11-8-12-16-37/h5-28,30-31H,1-4,29H2. The zero-order valence-corrected chi connectivity index (χ0v) is 26.4. The van der Waals surface area contributed by atoms with Gasteiger partial charge in [-0.25, -0.2) is 0 Å². The lowest BCUT2D eigenvalue weighted by atomic mass is 10.0. The van der Waals surface area contributed by atoms with Gasteiger partial charge >= 0.3 is 0 Å². The van der Waals surface area contributed by atoms with Crippen LogP contribution >= 0.6 is 0 Å². The molecule has 0 radical (unpaired) electrons. The van der Waals surface area contributed by atoms with E-state index in [4.69, 9.17) is 0 Å². The second kappa shape index (κ2) is 12.7. The number of fused-ring (bicyclic) bond motifs is 3. The van der Waals surface area contributed by atoms with Crippen molar-refractivity contribution in [1.29, 1.82) is 0 Å². The highest BCUT2D eigenvalue weighted by molar-refractivity contribution is 6.11. The average Bonchev–Trinajstić information content (AvgIpc) is 3.46. The molecule has 0 unspecified atom stereocenters. The molecule has 0 aliphatic heterocycles. The van der Waals surface area contributed by atoms with Crippen molar-refractivity contribution in [2.24, 2.45) is 0 Å². The third-order valence-corrected chi connectivity index (χ3v) is 8.82. The topological polar surface area (TPSA) is 8.17 Å². The van der Waals surface area contributed by atoms with Crippen LogP contribution in [0.15, 0.2) is 195 Å². The molecule has 7 aromatic rings. The lowest BCUT2D eigenvalue weighted by Crippen LogP contribution is -2.18. The second-order valence-corrected chi connectivity index (χ2v) is 11.8. The van der Waals surface area contributed by atoms with Crippen LogP contribution in [-0.4, -0.2) is 4.57 Å². The Morgan fingerprint density at radius 2 is 0.957 bits per heavy atom. The Labute approximate surface area is 277 Å². The van der Waals surface area contributed by atoms with Gasteiger partial charge in [0, 0.05) is 33.5 Å². The summed E-state index contributed by atoms with van der Waals surface area (Å²) in [6.45, 7) is 16.0. The summed E-state index contributed by atoms with van der Waals surface area (Å²) < 4.78 is 2.39. The fourth-order valence-electron chi connectivity index (χ4n) is 6.38. The summed E-state index contributed by atoms with van der Waals surface area (Å²) in [5.41, 5.74) is 13.4.